The number of unbranched alkanes of at least 4 members (excludes halogenated alkanes) is 32. The van der Waals surface area contributed by atoms with Crippen LogP contribution in [0.1, 0.15) is 245 Å². The zero-order valence-electron chi connectivity index (χ0n) is 32.7. The molecule has 1 aliphatic rings. The van der Waals surface area contributed by atoms with Gasteiger partial charge in [0.1, 0.15) is 11.7 Å². The van der Waals surface area contributed by atoms with Crippen molar-refractivity contribution in [3.8, 4) is 0 Å². The Kier molecular flexibility index (Phi) is 34.4. The average molecular weight is 669 g/mol. The summed E-state index contributed by atoms with van der Waals surface area (Å²) in [6.45, 7) is 4.59. The van der Waals surface area contributed by atoms with Crippen LogP contribution in [0.25, 0.3) is 0 Å². The van der Waals surface area contributed by atoms with E-state index < -0.39 is 0 Å². The van der Waals surface area contributed by atoms with Gasteiger partial charge in [-0.2, -0.15) is 0 Å². The van der Waals surface area contributed by atoms with Crippen LogP contribution >= 0.6 is 0 Å². The second-order valence-corrected chi connectivity index (χ2v) is 15.2. The molecule has 0 radical (unpaired) electrons. The van der Waals surface area contributed by atoms with E-state index in [1.807, 2.05) is 0 Å². The standard InChI is InChI=1S/C46H84O2/c1-3-5-7-9-11-13-15-17-19-21-23-25-27-29-31-33-35-37-39-41-43-45-44(46(47)48-45)42-40-38-36-34-32-30-28-26-24-22-20-18-16-14-12-10-8-6-4-2/h37-40,43-44H,3-36,41-42H2,1-2H3/b39-37+,40-38+,45-43+. The number of cyclic esters (lactones) is 1. The van der Waals surface area contributed by atoms with Crippen LogP contribution in [-0.2, 0) is 9.53 Å². The average Bonchev–Trinajstić information content (AvgIpc) is 3.09. The molecular formula is C46H84O2. The van der Waals surface area contributed by atoms with Crippen LogP contribution in [0, 0.1) is 5.92 Å². The number of rotatable bonds is 38. The van der Waals surface area contributed by atoms with E-state index in [1.54, 1.807) is 0 Å². The number of carbonyl (C=O) groups is 1. The van der Waals surface area contributed by atoms with Gasteiger partial charge in [-0.25, -0.2) is 0 Å². The molecule has 280 valence electrons. The van der Waals surface area contributed by atoms with Gasteiger partial charge in [0, 0.05) is 0 Å². The van der Waals surface area contributed by atoms with E-state index in [1.165, 1.54) is 212 Å². The zero-order chi connectivity index (χ0) is 34.4. The molecule has 0 aliphatic carbocycles. The highest BCUT2D eigenvalue weighted by molar-refractivity contribution is 5.83. The third-order valence-electron chi connectivity index (χ3n) is 10.5. The van der Waals surface area contributed by atoms with E-state index in [-0.39, 0.29) is 11.9 Å². The molecule has 0 aromatic rings. The fourth-order valence-corrected chi connectivity index (χ4v) is 7.08. The van der Waals surface area contributed by atoms with E-state index in [0.29, 0.717) is 0 Å². The summed E-state index contributed by atoms with van der Waals surface area (Å²) in [5.74, 6) is 0.797. The van der Waals surface area contributed by atoms with Gasteiger partial charge in [-0.15, -0.1) is 0 Å². The van der Waals surface area contributed by atoms with Crippen LogP contribution in [-0.4, -0.2) is 5.97 Å². The first kappa shape index (κ1) is 44.7. The van der Waals surface area contributed by atoms with E-state index in [2.05, 4.69) is 44.2 Å². The normalized spacial score (nSPS) is 15.7. The van der Waals surface area contributed by atoms with E-state index >= 15 is 0 Å². The van der Waals surface area contributed by atoms with Gasteiger partial charge in [0.15, 0.2) is 0 Å². The topological polar surface area (TPSA) is 26.3 Å². The summed E-state index contributed by atoms with van der Waals surface area (Å²) in [6.07, 6.45) is 60.5. The Hall–Kier alpha value is -1.31. The van der Waals surface area contributed by atoms with Crippen LogP contribution in [0.3, 0.4) is 0 Å². The van der Waals surface area contributed by atoms with Crippen LogP contribution < -0.4 is 0 Å². The first-order chi connectivity index (χ1) is 23.8. The molecule has 0 bridgehead atoms. The molecule has 1 atom stereocenters. The minimum atomic E-state index is -0.0505. The molecule has 1 fully saturated rings. The highest BCUT2D eigenvalue weighted by Gasteiger charge is 2.35. The molecule has 1 heterocycles. The van der Waals surface area contributed by atoms with Crippen molar-refractivity contribution < 1.29 is 9.53 Å². The highest BCUT2D eigenvalue weighted by Crippen LogP contribution is 2.30. The molecule has 2 nitrogen and oxygen atoms in total. The summed E-state index contributed by atoms with van der Waals surface area (Å²) in [7, 11) is 0. The molecule has 48 heavy (non-hydrogen) atoms. The smallest absolute Gasteiger partial charge is 0.322 e. The lowest BCUT2D eigenvalue weighted by atomic mass is 9.96. The van der Waals surface area contributed by atoms with Gasteiger partial charge in [0.05, 0.1) is 0 Å². The van der Waals surface area contributed by atoms with Crippen LogP contribution in [0.5, 0.6) is 0 Å². The summed E-state index contributed by atoms with van der Waals surface area (Å²) in [6, 6.07) is 0. The van der Waals surface area contributed by atoms with E-state index in [0.717, 1.165) is 25.0 Å². The SMILES string of the molecule is CCCCCCCCCCCCCCCCCC/C=C/C/C=C1/OC(=O)C1C/C=C/CCCCCCCCCCCCCCCCCC. The molecule has 0 N–H and O–H groups in total. The first-order valence-corrected chi connectivity index (χ1v) is 22.0. The van der Waals surface area contributed by atoms with Crippen molar-refractivity contribution in [2.45, 2.75) is 245 Å². The van der Waals surface area contributed by atoms with Crippen LogP contribution in [0.15, 0.2) is 36.1 Å². The van der Waals surface area contributed by atoms with Gasteiger partial charge in [0.25, 0.3) is 0 Å². The predicted molar refractivity (Wildman–Crippen MR) is 214 cm³/mol. The van der Waals surface area contributed by atoms with Crippen LogP contribution in [0.4, 0.5) is 0 Å². The van der Waals surface area contributed by atoms with Crippen molar-refractivity contribution in [2.24, 2.45) is 5.92 Å². The second kappa shape index (κ2) is 37.0. The quantitative estimate of drug-likeness (QED) is 0.0372. The van der Waals surface area contributed by atoms with Gasteiger partial charge in [-0.1, -0.05) is 231 Å². The Morgan fingerprint density at radius 3 is 1.06 bits per heavy atom. The van der Waals surface area contributed by atoms with E-state index in [9.17, 15) is 4.79 Å². The maximum atomic E-state index is 12.0. The van der Waals surface area contributed by atoms with Gasteiger partial charge >= 0.3 is 5.97 Å². The first-order valence-electron chi connectivity index (χ1n) is 22.0. The number of hydrogen-bond donors (Lipinski definition) is 0. The van der Waals surface area contributed by atoms with Crippen molar-refractivity contribution >= 4 is 5.97 Å². The van der Waals surface area contributed by atoms with Crippen molar-refractivity contribution in [3.05, 3.63) is 36.1 Å². The van der Waals surface area contributed by atoms with Gasteiger partial charge in [-0.3, -0.25) is 4.79 Å². The molecular weight excluding hydrogens is 585 g/mol. The summed E-state index contributed by atoms with van der Waals surface area (Å²) >= 11 is 0. The largest absolute Gasteiger partial charge is 0.430 e. The predicted octanol–water partition coefficient (Wildman–Crippen LogP) is 16.2. The Morgan fingerprint density at radius 1 is 0.417 bits per heavy atom. The summed E-state index contributed by atoms with van der Waals surface area (Å²) in [5, 5.41) is 0. The Balaban J connectivity index is 1.85. The van der Waals surface area contributed by atoms with Gasteiger partial charge in [0.2, 0.25) is 0 Å². The molecule has 0 aromatic carbocycles. The second-order valence-electron chi connectivity index (χ2n) is 15.2. The van der Waals surface area contributed by atoms with Crippen molar-refractivity contribution in [1.29, 1.82) is 0 Å². The summed E-state index contributed by atoms with van der Waals surface area (Å²) in [4.78, 5) is 12.0. The Bertz CT molecular complexity index is 762. The monoisotopic (exact) mass is 669 g/mol. The number of hydrogen-bond acceptors (Lipinski definition) is 2. The Morgan fingerprint density at radius 2 is 0.729 bits per heavy atom. The number of esters is 1. The number of carbonyl (C=O) groups excluding carboxylic acids is 1. The molecule has 1 saturated heterocycles. The maximum Gasteiger partial charge on any atom is 0.322 e. The fraction of sp³-hybridized carbons (Fsp3) is 0.848. The van der Waals surface area contributed by atoms with E-state index in [4.69, 9.17) is 4.74 Å². The molecule has 0 aromatic heterocycles. The lowest BCUT2D eigenvalue weighted by molar-refractivity contribution is -0.156. The molecule has 0 spiro atoms. The maximum absolute atomic E-state index is 12.0. The molecule has 1 unspecified atom stereocenters. The third kappa shape index (κ3) is 29.6. The molecule has 0 saturated carbocycles. The molecule has 2 heteroatoms. The van der Waals surface area contributed by atoms with Crippen LogP contribution in [0.2, 0.25) is 0 Å². The lowest BCUT2D eigenvalue weighted by Gasteiger charge is -2.26. The Labute approximate surface area is 301 Å². The minimum absolute atomic E-state index is 0.0410. The van der Waals surface area contributed by atoms with Gasteiger partial charge in [-0.05, 0) is 44.6 Å². The molecule has 1 rings (SSSR count). The highest BCUT2D eigenvalue weighted by atomic mass is 16.6. The third-order valence-corrected chi connectivity index (χ3v) is 10.5. The molecule has 0 amide bonds. The lowest BCUT2D eigenvalue weighted by Crippen LogP contribution is -2.31. The number of allylic oxidation sites excluding steroid dienone is 5. The summed E-state index contributed by atoms with van der Waals surface area (Å²) in [5.41, 5.74) is 0. The summed E-state index contributed by atoms with van der Waals surface area (Å²) < 4.78 is 5.34. The number of ether oxygens (including phenoxy) is 1. The van der Waals surface area contributed by atoms with Gasteiger partial charge < -0.3 is 4.74 Å². The van der Waals surface area contributed by atoms with Crippen molar-refractivity contribution in [1.82, 2.24) is 0 Å². The molecule has 1 aliphatic heterocycles. The fourth-order valence-electron chi connectivity index (χ4n) is 7.08. The zero-order valence-corrected chi connectivity index (χ0v) is 32.7. The minimum Gasteiger partial charge on any atom is -0.430 e. The van der Waals surface area contributed by atoms with Crippen molar-refractivity contribution in [3.63, 3.8) is 0 Å². The van der Waals surface area contributed by atoms with Crippen molar-refractivity contribution in [2.75, 3.05) is 0 Å².